The molecule has 1 amide bonds. The predicted octanol–water partition coefficient (Wildman–Crippen LogP) is 3.59. The molecule has 1 heterocycles. The lowest BCUT2D eigenvalue weighted by Crippen LogP contribution is -2.24. The number of aryl methyl sites for hydroxylation is 1. The second-order valence-electron chi connectivity index (χ2n) is 5.46. The van der Waals surface area contributed by atoms with Gasteiger partial charge in [0.1, 0.15) is 0 Å². The second-order valence-corrected chi connectivity index (χ2v) is 6.48. The third-order valence-electron chi connectivity index (χ3n) is 3.60. The first-order valence-corrected chi connectivity index (χ1v) is 8.75. The number of amides is 1. The zero-order chi connectivity index (χ0) is 16.8. The van der Waals surface area contributed by atoms with Crippen LogP contribution in [0.5, 0.6) is 0 Å². The molecule has 0 aliphatic carbocycles. The number of nitrogens with zero attached hydrogens (tertiary/aromatic N) is 2. The van der Waals surface area contributed by atoms with Crippen molar-refractivity contribution in [1.82, 2.24) is 15.1 Å². The van der Waals surface area contributed by atoms with Crippen molar-refractivity contribution in [3.8, 4) is 5.69 Å². The lowest BCUT2D eigenvalue weighted by atomic mass is 10.2. The molecule has 0 saturated carbocycles. The Morgan fingerprint density at radius 3 is 2.67 bits per heavy atom. The van der Waals surface area contributed by atoms with Crippen LogP contribution in [0.1, 0.15) is 11.1 Å². The lowest BCUT2D eigenvalue weighted by molar-refractivity contribution is -0.118. The van der Waals surface area contributed by atoms with Gasteiger partial charge in [-0.15, -0.1) is 11.8 Å². The number of nitrogens with one attached hydrogen (secondary N) is 1. The average molecular weight is 337 g/mol. The van der Waals surface area contributed by atoms with E-state index in [2.05, 4.69) is 23.4 Å². The summed E-state index contributed by atoms with van der Waals surface area (Å²) in [5, 5.41) is 7.27. The molecule has 0 aliphatic heterocycles. The number of hydrogen-bond acceptors (Lipinski definition) is 3. The van der Waals surface area contributed by atoms with E-state index in [0.29, 0.717) is 12.3 Å². The number of carbonyl (C=O) groups is 1. The van der Waals surface area contributed by atoms with Crippen molar-refractivity contribution >= 4 is 17.7 Å². The highest BCUT2D eigenvalue weighted by atomic mass is 32.2. The van der Waals surface area contributed by atoms with Crippen LogP contribution in [-0.2, 0) is 11.3 Å². The van der Waals surface area contributed by atoms with Crippen molar-refractivity contribution in [2.45, 2.75) is 18.4 Å². The van der Waals surface area contributed by atoms with Crippen LogP contribution in [0, 0.1) is 6.92 Å². The molecule has 0 saturated heterocycles. The SMILES string of the molecule is Cc1ccccc1SCC(=O)NCc1cnn(-c2ccccc2)c1. The highest BCUT2D eigenvalue weighted by Crippen LogP contribution is 2.21. The van der Waals surface area contributed by atoms with Crippen molar-refractivity contribution in [3.05, 3.63) is 78.1 Å². The zero-order valence-corrected chi connectivity index (χ0v) is 14.3. The Bertz CT molecular complexity index is 814. The van der Waals surface area contributed by atoms with E-state index in [1.165, 1.54) is 5.56 Å². The summed E-state index contributed by atoms with van der Waals surface area (Å²) < 4.78 is 1.81. The van der Waals surface area contributed by atoms with E-state index >= 15 is 0 Å². The first kappa shape index (κ1) is 16.3. The minimum atomic E-state index is 0.0238. The molecule has 0 unspecified atom stereocenters. The number of rotatable bonds is 6. The van der Waals surface area contributed by atoms with Gasteiger partial charge in [-0.05, 0) is 30.7 Å². The maximum absolute atomic E-state index is 12.0. The molecule has 0 radical (unpaired) electrons. The number of thioether (sulfide) groups is 1. The summed E-state index contributed by atoms with van der Waals surface area (Å²) in [6.07, 6.45) is 3.71. The fraction of sp³-hybridized carbons (Fsp3) is 0.158. The van der Waals surface area contributed by atoms with E-state index in [0.717, 1.165) is 16.1 Å². The maximum Gasteiger partial charge on any atom is 0.230 e. The van der Waals surface area contributed by atoms with Crippen molar-refractivity contribution in [1.29, 1.82) is 0 Å². The summed E-state index contributed by atoms with van der Waals surface area (Å²) in [7, 11) is 0. The zero-order valence-electron chi connectivity index (χ0n) is 13.5. The van der Waals surface area contributed by atoms with E-state index < -0.39 is 0 Å². The highest BCUT2D eigenvalue weighted by Gasteiger charge is 2.06. The minimum absolute atomic E-state index is 0.0238. The smallest absolute Gasteiger partial charge is 0.230 e. The molecule has 4 nitrogen and oxygen atoms in total. The van der Waals surface area contributed by atoms with E-state index in [4.69, 9.17) is 0 Å². The quantitative estimate of drug-likeness (QED) is 0.699. The molecule has 0 atom stereocenters. The molecule has 0 spiro atoms. The van der Waals surface area contributed by atoms with Crippen molar-refractivity contribution < 1.29 is 4.79 Å². The summed E-state index contributed by atoms with van der Waals surface area (Å²) in [5.74, 6) is 0.438. The van der Waals surface area contributed by atoms with Gasteiger partial charge in [0, 0.05) is 23.2 Å². The fourth-order valence-corrected chi connectivity index (χ4v) is 3.15. The van der Waals surface area contributed by atoms with Gasteiger partial charge >= 0.3 is 0 Å². The van der Waals surface area contributed by atoms with E-state index in [9.17, 15) is 4.79 Å². The minimum Gasteiger partial charge on any atom is -0.351 e. The Labute approximate surface area is 145 Å². The van der Waals surface area contributed by atoms with Crippen LogP contribution in [0.15, 0.2) is 71.9 Å². The van der Waals surface area contributed by atoms with Gasteiger partial charge in [-0.1, -0.05) is 36.4 Å². The van der Waals surface area contributed by atoms with E-state index in [1.54, 1.807) is 18.0 Å². The van der Waals surface area contributed by atoms with Gasteiger partial charge in [0.05, 0.1) is 17.6 Å². The molecule has 3 aromatic rings. The largest absolute Gasteiger partial charge is 0.351 e. The van der Waals surface area contributed by atoms with Crippen LogP contribution in [0.2, 0.25) is 0 Å². The summed E-state index contributed by atoms with van der Waals surface area (Å²) in [5.41, 5.74) is 3.18. The van der Waals surface area contributed by atoms with Crippen LogP contribution in [0.4, 0.5) is 0 Å². The van der Waals surface area contributed by atoms with Crippen molar-refractivity contribution in [2.24, 2.45) is 0 Å². The molecule has 0 aliphatic rings. The topological polar surface area (TPSA) is 46.9 Å². The number of aromatic nitrogens is 2. The molecule has 1 aromatic heterocycles. The summed E-state index contributed by atoms with van der Waals surface area (Å²) in [4.78, 5) is 13.2. The molecule has 5 heteroatoms. The molecule has 0 fully saturated rings. The third-order valence-corrected chi connectivity index (χ3v) is 4.77. The molecule has 0 bridgehead atoms. The number of benzene rings is 2. The molecular weight excluding hydrogens is 318 g/mol. The molecule has 122 valence electrons. The van der Waals surface area contributed by atoms with Gasteiger partial charge in [0.25, 0.3) is 0 Å². The predicted molar refractivity (Wildman–Crippen MR) is 97.3 cm³/mol. The first-order chi connectivity index (χ1) is 11.7. The van der Waals surface area contributed by atoms with Crippen LogP contribution >= 0.6 is 11.8 Å². The second kappa shape index (κ2) is 7.84. The van der Waals surface area contributed by atoms with E-state index in [-0.39, 0.29) is 5.91 Å². The summed E-state index contributed by atoms with van der Waals surface area (Å²) in [6.45, 7) is 2.54. The van der Waals surface area contributed by atoms with Gasteiger partial charge in [-0.3, -0.25) is 4.79 Å². The van der Waals surface area contributed by atoms with Crippen LogP contribution in [-0.4, -0.2) is 21.4 Å². The Morgan fingerprint density at radius 1 is 1.12 bits per heavy atom. The van der Waals surface area contributed by atoms with Crippen LogP contribution < -0.4 is 5.32 Å². The normalized spacial score (nSPS) is 10.5. The van der Waals surface area contributed by atoms with Crippen LogP contribution in [0.3, 0.4) is 0 Å². The molecule has 2 aromatic carbocycles. The Balaban J connectivity index is 1.50. The van der Waals surface area contributed by atoms with Crippen molar-refractivity contribution in [2.75, 3.05) is 5.75 Å². The Hall–Kier alpha value is -2.53. The summed E-state index contributed by atoms with van der Waals surface area (Å²) >= 11 is 1.56. The number of para-hydroxylation sites is 1. The fourth-order valence-electron chi connectivity index (χ4n) is 2.29. The standard InChI is InChI=1S/C19H19N3OS/c1-15-7-5-6-10-18(15)24-14-19(23)20-11-16-12-21-22(13-16)17-8-3-2-4-9-17/h2-10,12-13H,11,14H2,1H3,(H,20,23). The van der Waals surface area contributed by atoms with Gasteiger partial charge in [-0.2, -0.15) is 5.10 Å². The number of carbonyl (C=O) groups excluding carboxylic acids is 1. The molecular formula is C19H19N3OS. The third kappa shape index (κ3) is 4.26. The Kier molecular flexibility index (Phi) is 5.33. The highest BCUT2D eigenvalue weighted by molar-refractivity contribution is 8.00. The van der Waals surface area contributed by atoms with Gasteiger partial charge < -0.3 is 5.32 Å². The molecule has 1 N–H and O–H groups in total. The van der Waals surface area contributed by atoms with Gasteiger partial charge in [0.15, 0.2) is 0 Å². The molecule has 3 rings (SSSR count). The average Bonchev–Trinajstić information content (AvgIpc) is 3.09. The number of hydrogen-bond donors (Lipinski definition) is 1. The van der Waals surface area contributed by atoms with Crippen LogP contribution in [0.25, 0.3) is 5.69 Å². The van der Waals surface area contributed by atoms with E-state index in [1.807, 2.05) is 59.4 Å². The Morgan fingerprint density at radius 2 is 1.88 bits per heavy atom. The van der Waals surface area contributed by atoms with Gasteiger partial charge in [-0.25, -0.2) is 4.68 Å². The van der Waals surface area contributed by atoms with Gasteiger partial charge in [0.2, 0.25) is 5.91 Å². The maximum atomic E-state index is 12.0. The molecule has 24 heavy (non-hydrogen) atoms. The van der Waals surface area contributed by atoms with Crippen molar-refractivity contribution in [3.63, 3.8) is 0 Å². The summed E-state index contributed by atoms with van der Waals surface area (Å²) in [6, 6.07) is 18.0. The first-order valence-electron chi connectivity index (χ1n) is 7.76. The lowest BCUT2D eigenvalue weighted by Gasteiger charge is -2.06. The monoisotopic (exact) mass is 337 g/mol.